The Morgan fingerprint density at radius 2 is 2.27 bits per heavy atom. The third kappa shape index (κ3) is 2.30. The van der Waals surface area contributed by atoms with Gasteiger partial charge in [0.25, 0.3) is 0 Å². The van der Waals surface area contributed by atoms with Crippen LogP contribution < -0.4 is 0 Å². The number of H-pyrrole nitrogens is 1. The van der Waals surface area contributed by atoms with Crippen molar-refractivity contribution in [2.45, 2.75) is 18.9 Å². The minimum Gasteiger partial charge on any atom is -0.478 e. The Labute approximate surface area is 130 Å². The summed E-state index contributed by atoms with van der Waals surface area (Å²) in [5, 5.41) is 9.05. The highest BCUT2D eigenvalue weighted by Crippen LogP contribution is 2.36. The molecule has 0 unspecified atom stereocenters. The van der Waals surface area contributed by atoms with Crippen molar-refractivity contribution in [3.05, 3.63) is 40.8 Å². The highest BCUT2D eigenvalue weighted by atomic mass is 32.1. The lowest BCUT2D eigenvalue weighted by Crippen LogP contribution is -1.94. The first-order chi connectivity index (χ1) is 10.7. The summed E-state index contributed by atoms with van der Waals surface area (Å²) in [6.45, 7) is 0.834. The average Bonchev–Trinajstić information content (AvgIpc) is 3.24. The molecule has 4 rings (SSSR count). The van der Waals surface area contributed by atoms with Gasteiger partial charge in [-0.05, 0) is 43.2 Å². The van der Waals surface area contributed by atoms with Gasteiger partial charge in [0.15, 0.2) is 0 Å². The summed E-state index contributed by atoms with van der Waals surface area (Å²) in [5.74, 6) is -0.165. The van der Waals surface area contributed by atoms with Gasteiger partial charge in [0.1, 0.15) is 5.82 Å². The number of rotatable bonds is 3. The Morgan fingerprint density at radius 3 is 3.05 bits per heavy atom. The number of imidazole rings is 1. The van der Waals surface area contributed by atoms with Gasteiger partial charge < -0.3 is 14.8 Å². The molecule has 0 aliphatic carbocycles. The first-order valence-corrected chi connectivity index (χ1v) is 7.97. The molecule has 1 aliphatic heterocycles. The number of hydrogen-bond acceptors (Lipinski definition) is 4. The maximum Gasteiger partial charge on any atom is 0.335 e. The van der Waals surface area contributed by atoms with Gasteiger partial charge in [-0.2, -0.15) is 0 Å². The molecule has 1 saturated heterocycles. The monoisotopic (exact) mass is 314 g/mol. The Morgan fingerprint density at radius 1 is 1.36 bits per heavy atom. The highest BCUT2D eigenvalue weighted by Gasteiger charge is 2.20. The molecule has 1 aromatic carbocycles. The molecule has 6 heteroatoms. The molecule has 0 saturated carbocycles. The highest BCUT2D eigenvalue weighted by molar-refractivity contribution is 7.15. The molecular formula is C16H14N2O3S. The minimum atomic E-state index is -0.935. The van der Waals surface area contributed by atoms with Gasteiger partial charge in [-0.25, -0.2) is 9.78 Å². The molecule has 1 fully saturated rings. The van der Waals surface area contributed by atoms with Crippen LogP contribution in [0.4, 0.5) is 0 Å². The Bertz CT molecular complexity index is 846. The van der Waals surface area contributed by atoms with E-state index in [1.165, 1.54) is 4.88 Å². The topological polar surface area (TPSA) is 75.2 Å². The molecule has 3 heterocycles. The summed E-state index contributed by atoms with van der Waals surface area (Å²) in [4.78, 5) is 21.0. The van der Waals surface area contributed by atoms with Crippen LogP contribution in [0.2, 0.25) is 0 Å². The normalized spacial score (nSPS) is 18.1. The van der Waals surface area contributed by atoms with E-state index < -0.39 is 5.97 Å². The molecule has 22 heavy (non-hydrogen) atoms. The molecular weight excluding hydrogens is 300 g/mol. The van der Waals surface area contributed by atoms with E-state index in [1.54, 1.807) is 29.5 Å². The van der Waals surface area contributed by atoms with Crippen LogP contribution in [0.25, 0.3) is 21.7 Å². The van der Waals surface area contributed by atoms with E-state index >= 15 is 0 Å². The van der Waals surface area contributed by atoms with Crippen molar-refractivity contribution in [3.8, 4) is 10.7 Å². The maximum atomic E-state index is 11.0. The van der Waals surface area contributed by atoms with E-state index in [2.05, 4.69) is 16.0 Å². The van der Waals surface area contributed by atoms with Crippen LogP contribution in [-0.2, 0) is 4.74 Å². The maximum absolute atomic E-state index is 11.0. The van der Waals surface area contributed by atoms with E-state index in [-0.39, 0.29) is 11.7 Å². The van der Waals surface area contributed by atoms with Gasteiger partial charge >= 0.3 is 5.97 Å². The molecule has 2 aromatic heterocycles. The quantitative estimate of drug-likeness (QED) is 0.770. The lowest BCUT2D eigenvalue weighted by atomic mass is 10.2. The number of ether oxygens (including phenoxy) is 1. The molecule has 0 spiro atoms. The largest absolute Gasteiger partial charge is 0.478 e. The van der Waals surface area contributed by atoms with E-state index in [0.717, 1.165) is 41.2 Å². The second-order valence-corrected chi connectivity index (χ2v) is 6.44. The van der Waals surface area contributed by atoms with Crippen molar-refractivity contribution in [1.29, 1.82) is 0 Å². The van der Waals surface area contributed by atoms with Crippen LogP contribution in [0.15, 0.2) is 30.3 Å². The fourth-order valence-corrected chi connectivity index (χ4v) is 3.75. The van der Waals surface area contributed by atoms with Gasteiger partial charge in [-0.1, -0.05) is 0 Å². The first-order valence-electron chi connectivity index (χ1n) is 7.15. The van der Waals surface area contributed by atoms with E-state index in [4.69, 9.17) is 9.84 Å². The number of carboxylic acids is 1. The van der Waals surface area contributed by atoms with Crippen molar-refractivity contribution in [3.63, 3.8) is 0 Å². The first kappa shape index (κ1) is 13.5. The summed E-state index contributed by atoms with van der Waals surface area (Å²) in [7, 11) is 0. The van der Waals surface area contributed by atoms with Gasteiger partial charge in [-0.3, -0.25) is 0 Å². The number of benzene rings is 1. The van der Waals surface area contributed by atoms with Gasteiger partial charge in [0.2, 0.25) is 0 Å². The number of nitrogens with one attached hydrogen (secondary N) is 1. The van der Waals surface area contributed by atoms with Crippen molar-refractivity contribution in [2.75, 3.05) is 6.61 Å². The molecule has 1 atom stereocenters. The number of hydrogen-bond donors (Lipinski definition) is 2. The Balaban J connectivity index is 1.70. The molecule has 0 radical (unpaired) electrons. The van der Waals surface area contributed by atoms with Gasteiger partial charge in [0, 0.05) is 11.5 Å². The lowest BCUT2D eigenvalue weighted by molar-refractivity contribution is 0.0697. The third-order valence-corrected chi connectivity index (χ3v) is 5.02. The van der Waals surface area contributed by atoms with Crippen LogP contribution in [0.5, 0.6) is 0 Å². The summed E-state index contributed by atoms with van der Waals surface area (Å²) < 4.78 is 5.70. The number of aromatic amines is 1. The van der Waals surface area contributed by atoms with Crippen molar-refractivity contribution < 1.29 is 14.6 Å². The number of carbonyl (C=O) groups is 1. The number of fused-ring (bicyclic) bond motifs is 1. The molecule has 112 valence electrons. The number of aromatic carboxylic acids is 1. The Kier molecular flexibility index (Phi) is 3.20. The number of thiophene rings is 1. The van der Waals surface area contributed by atoms with Crippen LogP contribution in [0.3, 0.4) is 0 Å². The fourth-order valence-electron chi connectivity index (χ4n) is 2.71. The number of carboxylic acid groups (broad SMARTS) is 1. The van der Waals surface area contributed by atoms with Gasteiger partial charge in [0.05, 0.1) is 27.6 Å². The zero-order valence-corrected chi connectivity index (χ0v) is 12.5. The summed E-state index contributed by atoms with van der Waals surface area (Å²) in [5.41, 5.74) is 1.77. The van der Waals surface area contributed by atoms with Crippen LogP contribution in [-0.4, -0.2) is 27.7 Å². The third-order valence-electron chi connectivity index (χ3n) is 3.84. The van der Waals surface area contributed by atoms with E-state index in [1.807, 2.05) is 6.07 Å². The second-order valence-electron chi connectivity index (χ2n) is 5.33. The molecule has 0 amide bonds. The smallest absolute Gasteiger partial charge is 0.335 e. The SMILES string of the molecule is O=C(O)c1ccc2nc(-c3ccc([C@H]4CCCO4)s3)[nH]c2c1. The predicted molar refractivity (Wildman–Crippen MR) is 84.3 cm³/mol. The molecule has 2 N–H and O–H groups in total. The van der Waals surface area contributed by atoms with Crippen LogP contribution >= 0.6 is 11.3 Å². The van der Waals surface area contributed by atoms with Crippen LogP contribution in [0.1, 0.15) is 34.2 Å². The van der Waals surface area contributed by atoms with Crippen molar-refractivity contribution in [1.82, 2.24) is 9.97 Å². The summed E-state index contributed by atoms with van der Waals surface area (Å²) >= 11 is 1.67. The molecule has 1 aliphatic rings. The Hall–Kier alpha value is -2.18. The summed E-state index contributed by atoms with van der Waals surface area (Å²) in [6, 6.07) is 9.04. The van der Waals surface area contributed by atoms with Crippen molar-refractivity contribution in [2.24, 2.45) is 0 Å². The standard InChI is InChI=1S/C16H14N2O3S/c19-16(20)9-3-4-10-11(8-9)18-15(17-10)14-6-5-13(22-14)12-2-1-7-21-12/h3-6,8,12H,1-2,7H2,(H,17,18)(H,19,20)/t12-/m1/s1. The van der Waals surface area contributed by atoms with Crippen molar-refractivity contribution >= 4 is 28.3 Å². The zero-order valence-electron chi connectivity index (χ0n) is 11.7. The average molecular weight is 314 g/mol. The van der Waals surface area contributed by atoms with Gasteiger partial charge in [-0.15, -0.1) is 11.3 Å². The second kappa shape index (κ2) is 5.23. The zero-order chi connectivity index (χ0) is 15.1. The van der Waals surface area contributed by atoms with Crippen LogP contribution in [0, 0.1) is 0 Å². The lowest BCUT2D eigenvalue weighted by Gasteiger charge is -2.04. The molecule has 3 aromatic rings. The molecule has 5 nitrogen and oxygen atoms in total. The summed E-state index contributed by atoms with van der Waals surface area (Å²) in [6.07, 6.45) is 2.39. The predicted octanol–water partition coefficient (Wildman–Crippen LogP) is 3.84. The fraction of sp³-hybridized carbons (Fsp3) is 0.250. The minimum absolute atomic E-state index is 0.210. The molecule has 0 bridgehead atoms. The number of nitrogens with zero attached hydrogens (tertiary/aromatic N) is 1. The number of aromatic nitrogens is 2. The van der Waals surface area contributed by atoms with E-state index in [9.17, 15) is 4.79 Å². The van der Waals surface area contributed by atoms with E-state index in [0.29, 0.717) is 0 Å².